The average molecular weight is 432 g/mol. The third-order valence-electron chi connectivity index (χ3n) is 4.21. The maximum atomic E-state index is 12.8. The van der Waals surface area contributed by atoms with Gasteiger partial charge in [0.2, 0.25) is 11.8 Å². The molecule has 2 aromatic carbocycles. The second-order valence-electron chi connectivity index (χ2n) is 7.02. The van der Waals surface area contributed by atoms with Gasteiger partial charge in [0.25, 0.3) is 5.91 Å². The Labute approximate surface area is 181 Å². The van der Waals surface area contributed by atoms with E-state index in [4.69, 9.17) is 16.3 Å². The van der Waals surface area contributed by atoms with Crippen LogP contribution in [0.5, 0.6) is 5.75 Å². The largest absolute Gasteiger partial charge is 0.494 e. The highest BCUT2D eigenvalue weighted by atomic mass is 35.5. The summed E-state index contributed by atoms with van der Waals surface area (Å²) < 4.78 is 5.37. The number of benzene rings is 2. The molecule has 8 heteroatoms. The molecule has 0 aliphatic heterocycles. The van der Waals surface area contributed by atoms with Gasteiger partial charge in [0.05, 0.1) is 17.3 Å². The average Bonchev–Trinajstić information content (AvgIpc) is 2.68. The molecule has 0 bridgehead atoms. The fraction of sp³-hybridized carbons (Fsp3) is 0.318. The maximum absolute atomic E-state index is 12.8. The third-order valence-corrected chi connectivity index (χ3v) is 4.52. The highest BCUT2D eigenvalue weighted by Crippen LogP contribution is 2.26. The second-order valence-corrected chi connectivity index (χ2v) is 7.42. The molecule has 0 radical (unpaired) electrons. The zero-order chi connectivity index (χ0) is 22.3. The van der Waals surface area contributed by atoms with Gasteiger partial charge in [-0.25, -0.2) is 0 Å². The van der Waals surface area contributed by atoms with Crippen molar-refractivity contribution in [3.8, 4) is 5.75 Å². The standard InChI is InChI=1S/C22H26ClN3O4/c1-5-30-17-9-6-15(7-10-17)21(28)26-20(13(2)3)22(29)25-19-11-8-16(12-18(19)23)24-14(4)27/h6-13,20H,5H2,1-4H3,(H,24,27)(H,25,29)(H,26,28). The van der Waals surface area contributed by atoms with Gasteiger partial charge in [0.1, 0.15) is 11.8 Å². The molecule has 0 spiro atoms. The van der Waals surface area contributed by atoms with Crippen molar-refractivity contribution >= 4 is 40.7 Å². The predicted molar refractivity (Wildman–Crippen MR) is 118 cm³/mol. The first-order valence-corrected chi connectivity index (χ1v) is 10.0. The van der Waals surface area contributed by atoms with E-state index in [-0.39, 0.29) is 22.8 Å². The van der Waals surface area contributed by atoms with Crippen LogP contribution in [0, 0.1) is 5.92 Å². The van der Waals surface area contributed by atoms with Gasteiger partial charge in [0.15, 0.2) is 0 Å². The van der Waals surface area contributed by atoms with Crippen LogP contribution in [0.2, 0.25) is 5.02 Å². The summed E-state index contributed by atoms with van der Waals surface area (Å²) >= 11 is 6.22. The second kappa shape index (κ2) is 10.6. The molecule has 30 heavy (non-hydrogen) atoms. The van der Waals surface area contributed by atoms with Crippen LogP contribution in [-0.4, -0.2) is 30.4 Å². The number of ether oxygens (including phenoxy) is 1. The molecule has 1 atom stereocenters. The van der Waals surface area contributed by atoms with Crippen LogP contribution in [0.15, 0.2) is 42.5 Å². The van der Waals surface area contributed by atoms with Gasteiger partial charge < -0.3 is 20.7 Å². The molecule has 0 heterocycles. The van der Waals surface area contributed by atoms with Crippen molar-refractivity contribution in [2.45, 2.75) is 33.7 Å². The lowest BCUT2D eigenvalue weighted by Crippen LogP contribution is -2.47. The van der Waals surface area contributed by atoms with E-state index in [2.05, 4.69) is 16.0 Å². The van der Waals surface area contributed by atoms with Crippen LogP contribution in [0.3, 0.4) is 0 Å². The summed E-state index contributed by atoms with van der Waals surface area (Å²) in [6, 6.07) is 10.7. The van der Waals surface area contributed by atoms with Crippen LogP contribution >= 0.6 is 11.6 Å². The van der Waals surface area contributed by atoms with E-state index in [0.29, 0.717) is 29.3 Å². The van der Waals surface area contributed by atoms with Crippen LogP contribution in [0.25, 0.3) is 0 Å². The monoisotopic (exact) mass is 431 g/mol. The van der Waals surface area contributed by atoms with E-state index in [1.165, 1.54) is 6.92 Å². The molecule has 0 aliphatic rings. The van der Waals surface area contributed by atoms with Gasteiger partial charge in [-0.2, -0.15) is 0 Å². The van der Waals surface area contributed by atoms with Gasteiger partial charge in [-0.15, -0.1) is 0 Å². The van der Waals surface area contributed by atoms with E-state index in [0.717, 1.165) is 0 Å². The number of halogens is 1. The zero-order valence-electron chi connectivity index (χ0n) is 17.4. The van der Waals surface area contributed by atoms with E-state index in [9.17, 15) is 14.4 Å². The molecule has 2 rings (SSSR count). The zero-order valence-corrected chi connectivity index (χ0v) is 18.2. The number of carbonyl (C=O) groups is 3. The van der Waals surface area contributed by atoms with Gasteiger partial charge in [-0.3, -0.25) is 14.4 Å². The van der Waals surface area contributed by atoms with Crippen molar-refractivity contribution in [1.82, 2.24) is 5.32 Å². The quantitative estimate of drug-likeness (QED) is 0.586. The lowest BCUT2D eigenvalue weighted by Gasteiger charge is -2.22. The minimum Gasteiger partial charge on any atom is -0.494 e. The van der Waals surface area contributed by atoms with Gasteiger partial charge in [-0.1, -0.05) is 25.4 Å². The molecule has 0 aromatic heterocycles. The summed E-state index contributed by atoms with van der Waals surface area (Å²) in [7, 11) is 0. The topological polar surface area (TPSA) is 96.5 Å². The van der Waals surface area contributed by atoms with Gasteiger partial charge >= 0.3 is 0 Å². The van der Waals surface area contributed by atoms with E-state index in [1.54, 1.807) is 42.5 Å². The van der Waals surface area contributed by atoms with E-state index in [1.807, 2.05) is 20.8 Å². The summed E-state index contributed by atoms with van der Waals surface area (Å²) in [5, 5.41) is 8.40. The smallest absolute Gasteiger partial charge is 0.251 e. The van der Waals surface area contributed by atoms with Crippen molar-refractivity contribution in [3.05, 3.63) is 53.1 Å². The predicted octanol–water partition coefficient (Wildman–Crippen LogP) is 4.09. The highest BCUT2D eigenvalue weighted by Gasteiger charge is 2.25. The van der Waals surface area contributed by atoms with Crippen LogP contribution < -0.4 is 20.7 Å². The number of nitrogens with one attached hydrogen (secondary N) is 3. The van der Waals surface area contributed by atoms with Crippen molar-refractivity contribution in [3.63, 3.8) is 0 Å². The summed E-state index contributed by atoms with van der Waals surface area (Å²) in [6.45, 7) is 7.49. The maximum Gasteiger partial charge on any atom is 0.251 e. The first-order valence-electron chi connectivity index (χ1n) is 9.63. The fourth-order valence-electron chi connectivity index (χ4n) is 2.74. The Bertz CT molecular complexity index is 913. The fourth-order valence-corrected chi connectivity index (χ4v) is 2.96. The van der Waals surface area contributed by atoms with E-state index >= 15 is 0 Å². The SMILES string of the molecule is CCOc1ccc(C(=O)NC(C(=O)Nc2ccc(NC(C)=O)cc2Cl)C(C)C)cc1. The summed E-state index contributed by atoms with van der Waals surface area (Å²) in [5.74, 6) is -0.462. The number of amides is 3. The van der Waals surface area contributed by atoms with Crippen LogP contribution in [0.4, 0.5) is 11.4 Å². The minimum atomic E-state index is -0.768. The molecule has 0 fully saturated rings. The Morgan fingerprint density at radius 3 is 2.23 bits per heavy atom. The Morgan fingerprint density at radius 1 is 1.03 bits per heavy atom. The Hall–Kier alpha value is -3.06. The van der Waals surface area contributed by atoms with Gasteiger partial charge in [-0.05, 0) is 55.3 Å². The number of rotatable bonds is 8. The minimum absolute atomic E-state index is 0.158. The molecule has 2 aromatic rings. The molecule has 3 amide bonds. The summed E-state index contributed by atoms with van der Waals surface area (Å²) in [6.07, 6.45) is 0. The molecular weight excluding hydrogens is 406 g/mol. The molecule has 7 nitrogen and oxygen atoms in total. The van der Waals surface area contributed by atoms with Crippen LogP contribution in [0.1, 0.15) is 38.1 Å². The highest BCUT2D eigenvalue weighted by molar-refractivity contribution is 6.34. The van der Waals surface area contributed by atoms with E-state index < -0.39 is 11.9 Å². The first kappa shape index (κ1) is 23.2. The number of hydrogen-bond acceptors (Lipinski definition) is 4. The summed E-state index contributed by atoms with van der Waals surface area (Å²) in [4.78, 5) is 36.6. The normalized spacial score (nSPS) is 11.5. The van der Waals surface area contributed by atoms with Gasteiger partial charge in [0, 0.05) is 18.2 Å². The lowest BCUT2D eigenvalue weighted by atomic mass is 10.0. The molecule has 0 saturated heterocycles. The summed E-state index contributed by atoms with van der Waals surface area (Å²) in [5.41, 5.74) is 1.33. The number of carbonyl (C=O) groups excluding carboxylic acids is 3. The van der Waals surface area contributed by atoms with Crippen molar-refractivity contribution < 1.29 is 19.1 Å². The molecule has 0 saturated carbocycles. The van der Waals surface area contributed by atoms with Crippen molar-refractivity contribution in [2.75, 3.05) is 17.2 Å². The molecule has 0 aliphatic carbocycles. The molecule has 1 unspecified atom stereocenters. The van der Waals surface area contributed by atoms with Crippen molar-refractivity contribution in [1.29, 1.82) is 0 Å². The first-order chi connectivity index (χ1) is 14.2. The van der Waals surface area contributed by atoms with Crippen molar-refractivity contribution in [2.24, 2.45) is 5.92 Å². The molecule has 3 N–H and O–H groups in total. The number of anilines is 2. The molecule has 160 valence electrons. The number of hydrogen-bond donors (Lipinski definition) is 3. The lowest BCUT2D eigenvalue weighted by molar-refractivity contribution is -0.119. The Balaban J connectivity index is 2.09. The Kier molecular flexibility index (Phi) is 8.24. The Morgan fingerprint density at radius 2 is 1.70 bits per heavy atom. The third kappa shape index (κ3) is 6.49. The van der Waals surface area contributed by atoms with Crippen LogP contribution in [-0.2, 0) is 9.59 Å². The molecular formula is C22H26ClN3O4.